The van der Waals surface area contributed by atoms with Crippen LogP contribution in [0.3, 0.4) is 0 Å². The third-order valence-corrected chi connectivity index (χ3v) is 4.72. The number of nitrogens with one attached hydrogen (secondary N) is 1. The molecule has 3 rings (SSSR count). The van der Waals surface area contributed by atoms with E-state index in [-0.39, 0.29) is 12.4 Å². The Hall–Kier alpha value is -4.16. The van der Waals surface area contributed by atoms with Crippen molar-refractivity contribution in [2.75, 3.05) is 13.7 Å². The summed E-state index contributed by atoms with van der Waals surface area (Å²) in [4.78, 5) is 24.4. The molecule has 31 heavy (non-hydrogen) atoms. The van der Waals surface area contributed by atoms with Gasteiger partial charge in [0, 0.05) is 0 Å². The number of amides is 1. The summed E-state index contributed by atoms with van der Waals surface area (Å²) in [5.41, 5.74) is 3.48. The van der Waals surface area contributed by atoms with Crippen molar-refractivity contribution in [1.29, 1.82) is 5.26 Å². The molecule has 0 spiro atoms. The lowest BCUT2D eigenvalue weighted by molar-refractivity contribution is -0.123. The monoisotopic (exact) mass is 435 g/mol. The fourth-order valence-electron chi connectivity index (χ4n) is 2.38. The van der Waals surface area contributed by atoms with E-state index in [4.69, 9.17) is 19.5 Å². The quantitative estimate of drug-likeness (QED) is 0.251. The average Bonchev–Trinajstić information content (AvgIpc) is 3.34. The Kier molecular flexibility index (Phi) is 7.35. The van der Waals surface area contributed by atoms with Crippen LogP contribution in [-0.2, 0) is 4.79 Å². The Morgan fingerprint density at radius 3 is 2.65 bits per heavy atom. The van der Waals surface area contributed by atoms with Crippen LogP contribution in [-0.4, -0.2) is 31.8 Å². The molecular formula is C22H17N3O5S. The minimum absolute atomic E-state index is 0.232. The lowest BCUT2D eigenvalue weighted by Gasteiger charge is -2.09. The number of carbonyl (C=O) groups excluding carboxylic acids is 2. The molecule has 1 aromatic heterocycles. The Balaban J connectivity index is 1.53. The number of hydrazone groups is 1. The van der Waals surface area contributed by atoms with Crippen molar-refractivity contribution >= 4 is 29.4 Å². The number of benzene rings is 2. The third kappa shape index (κ3) is 6.16. The van der Waals surface area contributed by atoms with Gasteiger partial charge in [-0.25, -0.2) is 10.2 Å². The highest BCUT2D eigenvalue weighted by atomic mass is 32.1. The summed E-state index contributed by atoms with van der Waals surface area (Å²) < 4.78 is 16.0. The third-order valence-electron chi connectivity index (χ3n) is 3.87. The van der Waals surface area contributed by atoms with Crippen LogP contribution in [0.15, 0.2) is 65.1 Å². The standard InChI is InChI=1S/C22H17N3O5S/c1-28-19-11-16(6-9-18(19)30-22(27)20-3-2-10-31-20)13-24-25-21(26)14-29-17-7-4-15(12-23)5-8-17/h2-11,13H,14H2,1H3,(H,25,26)/b24-13+. The first-order valence-corrected chi connectivity index (χ1v) is 9.85. The zero-order valence-corrected chi connectivity index (χ0v) is 17.2. The van der Waals surface area contributed by atoms with Crippen molar-refractivity contribution in [3.8, 4) is 23.3 Å². The van der Waals surface area contributed by atoms with Crippen LogP contribution in [0.25, 0.3) is 0 Å². The van der Waals surface area contributed by atoms with Crippen LogP contribution in [0.4, 0.5) is 0 Å². The minimum atomic E-state index is -0.468. The molecule has 0 unspecified atom stereocenters. The summed E-state index contributed by atoms with van der Waals surface area (Å²) >= 11 is 1.28. The molecule has 8 nitrogen and oxygen atoms in total. The number of thiophene rings is 1. The van der Waals surface area contributed by atoms with E-state index in [1.54, 1.807) is 60.0 Å². The summed E-state index contributed by atoms with van der Waals surface area (Å²) in [5.74, 6) is 0.177. The predicted molar refractivity (Wildman–Crippen MR) is 115 cm³/mol. The molecule has 0 saturated carbocycles. The molecule has 0 fully saturated rings. The van der Waals surface area contributed by atoms with Crippen molar-refractivity contribution in [2.24, 2.45) is 5.10 Å². The predicted octanol–water partition coefficient (Wildman–Crippen LogP) is 3.38. The van der Waals surface area contributed by atoms with Crippen molar-refractivity contribution in [3.63, 3.8) is 0 Å². The van der Waals surface area contributed by atoms with E-state index in [1.165, 1.54) is 24.7 Å². The zero-order valence-electron chi connectivity index (χ0n) is 16.4. The topological polar surface area (TPSA) is 110 Å². The fraction of sp³-hybridized carbons (Fsp3) is 0.0909. The molecule has 9 heteroatoms. The van der Waals surface area contributed by atoms with Crippen LogP contribution in [0.5, 0.6) is 17.2 Å². The van der Waals surface area contributed by atoms with Gasteiger partial charge in [0.05, 0.1) is 25.0 Å². The van der Waals surface area contributed by atoms with Crippen LogP contribution in [0, 0.1) is 11.3 Å². The Morgan fingerprint density at radius 2 is 1.97 bits per heavy atom. The molecule has 0 radical (unpaired) electrons. The van der Waals surface area contributed by atoms with Gasteiger partial charge in [-0.2, -0.15) is 10.4 Å². The molecule has 0 atom stereocenters. The zero-order chi connectivity index (χ0) is 22.1. The number of rotatable bonds is 8. The van der Waals surface area contributed by atoms with E-state index in [2.05, 4.69) is 10.5 Å². The van der Waals surface area contributed by atoms with Gasteiger partial charge < -0.3 is 14.2 Å². The Bertz CT molecular complexity index is 1120. The lowest BCUT2D eigenvalue weighted by atomic mass is 10.2. The fourth-order valence-corrected chi connectivity index (χ4v) is 2.98. The molecule has 0 aliphatic carbocycles. The number of hydrogen-bond acceptors (Lipinski definition) is 8. The summed E-state index contributed by atoms with van der Waals surface area (Å²) in [6.07, 6.45) is 1.42. The van der Waals surface area contributed by atoms with Crippen molar-refractivity contribution in [1.82, 2.24) is 5.43 Å². The molecule has 0 aliphatic rings. The second-order valence-corrected chi connectivity index (χ2v) is 6.94. The largest absolute Gasteiger partial charge is 0.493 e. The first kappa shape index (κ1) is 21.5. The van der Waals surface area contributed by atoms with Crippen molar-refractivity contribution in [2.45, 2.75) is 0 Å². The maximum Gasteiger partial charge on any atom is 0.353 e. The van der Waals surface area contributed by atoms with E-state index >= 15 is 0 Å². The molecule has 0 bridgehead atoms. The Labute approximate surface area is 182 Å². The van der Waals surface area contributed by atoms with Gasteiger partial charge in [0.2, 0.25) is 0 Å². The summed E-state index contributed by atoms with van der Waals surface area (Å²) in [7, 11) is 1.46. The maximum atomic E-state index is 12.1. The van der Waals surface area contributed by atoms with Gasteiger partial charge in [0.15, 0.2) is 18.1 Å². The van der Waals surface area contributed by atoms with Gasteiger partial charge in [0.1, 0.15) is 10.6 Å². The Morgan fingerprint density at radius 1 is 1.16 bits per heavy atom. The second kappa shape index (κ2) is 10.6. The number of nitrogens with zero attached hydrogens (tertiary/aromatic N) is 2. The average molecular weight is 435 g/mol. The molecule has 1 heterocycles. The molecule has 2 aromatic carbocycles. The highest BCUT2D eigenvalue weighted by molar-refractivity contribution is 7.12. The van der Waals surface area contributed by atoms with Crippen molar-refractivity contribution < 1.29 is 23.8 Å². The first-order chi connectivity index (χ1) is 15.1. The van der Waals surface area contributed by atoms with Gasteiger partial charge >= 0.3 is 5.97 Å². The van der Waals surface area contributed by atoms with Crippen LogP contribution in [0.2, 0.25) is 0 Å². The highest BCUT2D eigenvalue weighted by Gasteiger charge is 2.13. The lowest BCUT2D eigenvalue weighted by Crippen LogP contribution is -2.24. The van der Waals surface area contributed by atoms with E-state index in [1.807, 2.05) is 6.07 Å². The van der Waals surface area contributed by atoms with Gasteiger partial charge in [-0.05, 0) is 59.5 Å². The highest BCUT2D eigenvalue weighted by Crippen LogP contribution is 2.28. The first-order valence-electron chi connectivity index (χ1n) is 8.97. The molecule has 3 aromatic rings. The smallest absolute Gasteiger partial charge is 0.353 e. The van der Waals surface area contributed by atoms with Gasteiger partial charge in [-0.1, -0.05) is 6.07 Å². The van der Waals surface area contributed by atoms with E-state index in [9.17, 15) is 9.59 Å². The molecule has 1 N–H and O–H groups in total. The van der Waals surface area contributed by atoms with E-state index in [0.29, 0.717) is 27.5 Å². The number of ether oxygens (including phenoxy) is 3. The normalized spacial score (nSPS) is 10.3. The maximum absolute atomic E-state index is 12.1. The SMILES string of the molecule is COc1cc(/C=N/NC(=O)COc2ccc(C#N)cc2)ccc1OC(=O)c1cccs1. The molecule has 0 saturated heterocycles. The minimum Gasteiger partial charge on any atom is -0.493 e. The van der Waals surface area contributed by atoms with E-state index in [0.717, 1.165) is 0 Å². The van der Waals surface area contributed by atoms with Gasteiger partial charge in [-0.15, -0.1) is 11.3 Å². The number of nitriles is 1. The van der Waals surface area contributed by atoms with Crippen LogP contribution >= 0.6 is 11.3 Å². The van der Waals surface area contributed by atoms with E-state index < -0.39 is 11.9 Å². The number of carbonyl (C=O) groups is 2. The van der Waals surface area contributed by atoms with Gasteiger partial charge in [-0.3, -0.25) is 4.79 Å². The molecule has 156 valence electrons. The number of methoxy groups -OCH3 is 1. The van der Waals surface area contributed by atoms with Crippen LogP contribution in [0.1, 0.15) is 20.8 Å². The van der Waals surface area contributed by atoms with Crippen molar-refractivity contribution in [3.05, 3.63) is 76.0 Å². The number of hydrogen-bond donors (Lipinski definition) is 1. The summed E-state index contributed by atoms with van der Waals surface area (Å²) in [6, 6.07) is 16.7. The number of esters is 1. The summed E-state index contributed by atoms with van der Waals surface area (Å²) in [6.45, 7) is -0.232. The van der Waals surface area contributed by atoms with Crippen LogP contribution < -0.4 is 19.6 Å². The summed E-state index contributed by atoms with van der Waals surface area (Å²) in [5, 5.41) is 14.4. The van der Waals surface area contributed by atoms with Gasteiger partial charge in [0.25, 0.3) is 5.91 Å². The molecule has 0 aliphatic heterocycles. The second-order valence-electron chi connectivity index (χ2n) is 6.00. The molecule has 1 amide bonds. The molecular weight excluding hydrogens is 418 g/mol.